The van der Waals surface area contributed by atoms with Gasteiger partial charge in [0.2, 0.25) is 0 Å². The van der Waals surface area contributed by atoms with Crippen molar-refractivity contribution in [2.75, 3.05) is 0 Å². The third-order valence-electron chi connectivity index (χ3n) is 5.87. The van der Waals surface area contributed by atoms with Gasteiger partial charge in [0.15, 0.2) is 0 Å². The highest BCUT2D eigenvalue weighted by Crippen LogP contribution is 2.71. The summed E-state index contributed by atoms with van der Waals surface area (Å²) in [5.74, 6) is 5.86. The highest BCUT2D eigenvalue weighted by atomic mass is 79.9. The number of halogens is 1. The van der Waals surface area contributed by atoms with Crippen molar-refractivity contribution in [3.8, 4) is 0 Å². The summed E-state index contributed by atoms with van der Waals surface area (Å²) in [5, 5.41) is 0. The Morgan fingerprint density at radius 3 is 2.39 bits per heavy atom. The summed E-state index contributed by atoms with van der Waals surface area (Å²) < 4.78 is 0. The summed E-state index contributed by atoms with van der Waals surface area (Å²) in [6.07, 6.45) is 8.43. The molecule has 1 aromatic rings. The van der Waals surface area contributed by atoms with E-state index in [2.05, 4.69) is 40.0 Å². The van der Waals surface area contributed by atoms with Gasteiger partial charge in [-0.3, -0.25) is 4.98 Å². The van der Waals surface area contributed by atoms with E-state index in [1.54, 1.807) is 6.42 Å². The highest BCUT2D eigenvalue weighted by Gasteiger charge is 2.66. The molecule has 1 nitrogen and oxygen atoms in total. The Balaban J connectivity index is 1.50. The number of pyridine rings is 1. The SMILES string of the molecule is CC(c1ccncc1)C(Br)C1C2C3CCC(C3)C21. The van der Waals surface area contributed by atoms with Crippen LogP contribution in [-0.2, 0) is 0 Å². The predicted molar refractivity (Wildman–Crippen MR) is 76.7 cm³/mol. The zero-order chi connectivity index (χ0) is 12.3. The van der Waals surface area contributed by atoms with Crippen molar-refractivity contribution in [2.45, 2.75) is 36.9 Å². The minimum atomic E-state index is 0.614. The molecule has 3 saturated carbocycles. The number of rotatable bonds is 3. The third-order valence-corrected chi connectivity index (χ3v) is 7.28. The van der Waals surface area contributed by atoms with E-state index >= 15 is 0 Å². The topological polar surface area (TPSA) is 12.9 Å². The van der Waals surface area contributed by atoms with Crippen LogP contribution in [-0.4, -0.2) is 9.81 Å². The molecule has 6 atom stereocenters. The molecule has 96 valence electrons. The number of hydrogen-bond donors (Lipinski definition) is 0. The van der Waals surface area contributed by atoms with Crippen LogP contribution in [0.2, 0.25) is 0 Å². The maximum Gasteiger partial charge on any atom is 0.0270 e. The minimum absolute atomic E-state index is 0.614. The standard InChI is InChI=1S/C16H20BrN/c1-9(10-4-6-18-7-5-10)16(17)15-13-11-2-3-12(8-11)14(13)15/h4-7,9,11-16H,2-3,8H2,1H3. The largest absolute Gasteiger partial charge is 0.265 e. The second-order valence-electron chi connectivity index (χ2n) is 6.58. The summed E-state index contributed by atoms with van der Waals surface area (Å²) in [5.41, 5.74) is 1.43. The first-order valence-electron chi connectivity index (χ1n) is 7.31. The number of nitrogens with zero attached hydrogens (tertiary/aromatic N) is 1. The Kier molecular flexibility index (Phi) is 2.58. The molecule has 0 saturated heterocycles. The smallest absolute Gasteiger partial charge is 0.0270 e. The van der Waals surface area contributed by atoms with Crippen LogP contribution < -0.4 is 0 Å². The molecule has 0 spiro atoms. The average molecular weight is 306 g/mol. The summed E-state index contributed by atoms with van der Waals surface area (Å²) in [6.45, 7) is 2.37. The molecule has 0 radical (unpaired) electrons. The number of aromatic nitrogens is 1. The van der Waals surface area contributed by atoms with E-state index < -0.39 is 0 Å². The van der Waals surface area contributed by atoms with Crippen molar-refractivity contribution in [3.05, 3.63) is 30.1 Å². The molecule has 0 N–H and O–H groups in total. The van der Waals surface area contributed by atoms with Gasteiger partial charge in [-0.15, -0.1) is 0 Å². The van der Waals surface area contributed by atoms with Gasteiger partial charge in [0.25, 0.3) is 0 Å². The predicted octanol–water partition coefficient (Wildman–Crippen LogP) is 4.24. The van der Waals surface area contributed by atoms with Gasteiger partial charge >= 0.3 is 0 Å². The Labute approximate surface area is 118 Å². The lowest BCUT2D eigenvalue weighted by molar-refractivity contribution is 0.439. The average Bonchev–Trinajstić information content (AvgIpc) is 2.85. The van der Waals surface area contributed by atoms with Gasteiger partial charge in [-0.2, -0.15) is 0 Å². The van der Waals surface area contributed by atoms with Crippen molar-refractivity contribution >= 4 is 15.9 Å². The van der Waals surface area contributed by atoms with Crippen molar-refractivity contribution in [3.63, 3.8) is 0 Å². The molecule has 1 heterocycles. The van der Waals surface area contributed by atoms with Gasteiger partial charge < -0.3 is 0 Å². The summed E-state index contributed by atoms with van der Waals surface area (Å²) in [4.78, 5) is 4.79. The Morgan fingerprint density at radius 2 is 1.78 bits per heavy atom. The third kappa shape index (κ3) is 1.54. The van der Waals surface area contributed by atoms with Crippen molar-refractivity contribution in [1.82, 2.24) is 4.98 Å². The molecular formula is C16H20BrN. The number of fused-ring (bicyclic) bond motifs is 5. The molecule has 0 aromatic carbocycles. The molecular weight excluding hydrogens is 286 g/mol. The maximum atomic E-state index is 4.12. The Morgan fingerprint density at radius 1 is 1.17 bits per heavy atom. The molecule has 3 fully saturated rings. The molecule has 2 heteroatoms. The molecule has 3 aliphatic carbocycles. The second-order valence-corrected chi connectivity index (χ2v) is 7.64. The first kappa shape index (κ1) is 11.5. The second kappa shape index (κ2) is 4.06. The first-order valence-corrected chi connectivity index (χ1v) is 8.23. The molecule has 6 unspecified atom stereocenters. The van der Waals surface area contributed by atoms with Crippen LogP contribution in [0.1, 0.15) is 37.7 Å². The van der Waals surface area contributed by atoms with Gasteiger partial charge in [0.05, 0.1) is 0 Å². The van der Waals surface area contributed by atoms with Gasteiger partial charge in [-0.25, -0.2) is 0 Å². The number of alkyl halides is 1. The quantitative estimate of drug-likeness (QED) is 0.761. The zero-order valence-electron chi connectivity index (χ0n) is 10.8. The van der Waals surface area contributed by atoms with Gasteiger partial charge in [-0.05, 0) is 72.5 Å². The maximum absolute atomic E-state index is 4.12. The molecule has 18 heavy (non-hydrogen) atoms. The van der Waals surface area contributed by atoms with E-state index in [0.717, 1.165) is 29.6 Å². The van der Waals surface area contributed by atoms with Crippen LogP contribution in [0.4, 0.5) is 0 Å². The fraction of sp³-hybridized carbons (Fsp3) is 0.688. The normalized spacial score (nSPS) is 43.6. The van der Waals surface area contributed by atoms with E-state index in [1.165, 1.54) is 18.4 Å². The summed E-state index contributed by atoms with van der Waals surface area (Å²) in [6, 6.07) is 4.34. The van der Waals surface area contributed by atoms with E-state index in [1.807, 2.05) is 12.4 Å². The highest BCUT2D eigenvalue weighted by molar-refractivity contribution is 9.09. The zero-order valence-corrected chi connectivity index (χ0v) is 12.4. The van der Waals surface area contributed by atoms with Crippen LogP contribution in [0.15, 0.2) is 24.5 Å². The minimum Gasteiger partial charge on any atom is -0.265 e. The Bertz CT molecular complexity index is 430. The van der Waals surface area contributed by atoms with Crippen molar-refractivity contribution < 1.29 is 0 Å². The van der Waals surface area contributed by atoms with Crippen LogP contribution in [0.5, 0.6) is 0 Å². The fourth-order valence-corrected chi connectivity index (χ4v) is 6.01. The lowest BCUT2D eigenvalue weighted by Gasteiger charge is -2.21. The number of hydrogen-bond acceptors (Lipinski definition) is 1. The summed E-state index contributed by atoms with van der Waals surface area (Å²) >= 11 is 4.02. The molecule has 3 aliphatic rings. The van der Waals surface area contributed by atoms with Crippen molar-refractivity contribution in [2.24, 2.45) is 29.6 Å². The molecule has 4 rings (SSSR count). The van der Waals surface area contributed by atoms with Crippen LogP contribution in [0.3, 0.4) is 0 Å². The molecule has 0 aliphatic heterocycles. The van der Waals surface area contributed by atoms with Crippen LogP contribution in [0, 0.1) is 29.6 Å². The van der Waals surface area contributed by atoms with Crippen molar-refractivity contribution in [1.29, 1.82) is 0 Å². The Hall–Kier alpha value is -0.370. The monoisotopic (exact) mass is 305 g/mol. The van der Waals surface area contributed by atoms with E-state index in [9.17, 15) is 0 Å². The van der Waals surface area contributed by atoms with E-state index in [-0.39, 0.29) is 0 Å². The lowest BCUT2D eigenvalue weighted by Crippen LogP contribution is -2.16. The van der Waals surface area contributed by atoms with E-state index in [0.29, 0.717) is 10.7 Å². The van der Waals surface area contributed by atoms with Gasteiger partial charge in [-0.1, -0.05) is 22.9 Å². The molecule has 2 bridgehead atoms. The molecule has 1 aromatic heterocycles. The van der Waals surface area contributed by atoms with Gasteiger partial charge in [0.1, 0.15) is 0 Å². The van der Waals surface area contributed by atoms with Gasteiger partial charge in [0, 0.05) is 17.2 Å². The first-order chi connectivity index (χ1) is 8.77. The lowest BCUT2D eigenvalue weighted by atomic mass is 9.91. The van der Waals surface area contributed by atoms with Crippen LogP contribution in [0.25, 0.3) is 0 Å². The van der Waals surface area contributed by atoms with E-state index in [4.69, 9.17) is 0 Å². The summed E-state index contributed by atoms with van der Waals surface area (Å²) in [7, 11) is 0. The molecule has 0 amide bonds. The fourth-order valence-electron chi connectivity index (χ4n) is 5.00. The van der Waals surface area contributed by atoms with Crippen LogP contribution >= 0.6 is 15.9 Å².